The maximum absolute atomic E-state index is 12.9. The number of carboxylic acids is 1. The lowest BCUT2D eigenvalue weighted by molar-refractivity contribution is 0.0696. The van der Waals surface area contributed by atoms with Crippen LogP contribution in [0, 0.1) is 6.92 Å². The van der Waals surface area contributed by atoms with Crippen LogP contribution >= 0.6 is 0 Å². The van der Waals surface area contributed by atoms with Gasteiger partial charge in [0.25, 0.3) is 5.91 Å². The number of carbonyl (C=O) groups excluding carboxylic acids is 1. The number of likely N-dealkylation sites (tertiary alicyclic amines) is 1. The first-order valence-corrected chi connectivity index (χ1v) is 7.62. The smallest absolute Gasteiger partial charge is 0.335 e. The van der Waals surface area contributed by atoms with Crippen LogP contribution in [0.1, 0.15) is 51.2 Å². The van der Waals surface area contributed by atoms with E-state index in [-0.39, 0.29) is 23.1 Å². The molecule has 0 aliphatic carbocycles. The maximum Gasteiger partial charge on any atom is 0.335 e. The number of rotatable bonds is 4. The van der Waals surface area contributed by atoms with E-state index in [0.717, 1.165) is 12.8 Å². The van der Waals surface area contributed by atoms with Crippen LogP contribution in [-0.4, -0.2) is 50.7 Å². The van der Waals surface area contributed by atoms with Gasteiger partial charge in [-0.15, -0.1) is 0 Å². The number of nitrogens with zero attached hydrogens (tertiary/aromatic N) is 3. The average Bonchev–Trinajstić information content (AvgIpc) is 3.22. The molecule has 1 aliphatic heterocycles. The Labute approximate surface area is 138 Å². The van der Waals surface area contributed by atoms with Crippen molar-refractivity contribution < 1.29 is 19.4 Å². The van der Waals surface area contributed by atoms with E-state index in [9.17, 15) is 14.7 Å². The fourth-order valence-electron chi connectivity index (χ4n) is 2.92. The summed E-state index contributed by atoms with van der Waals surface area (Å²) in [4.78, 5) is 30.1. The largest absolute Gasteiger partial charge is 0.497 e. The predicted molar refractivity (Wildman–Crippen MR) is 84.1 cm³/mol. The second-order valence-corrected chi connectivity index (χ2v) is 5.69. The van der Waals surface area contributed by atoms with E-state index >= 15 is 0 Å². The maximum atomic E-state index is 12.9. The zero-order valence-corrected chi connectivity index (χ0v) is 13.4. The van der Waals surface area contributed by atoms with Crippen LogP contribution in [0.4, 0.5) is 0 Å². The van der Waals surface area contributed by atoms with Gasteiger partial charge in [0.2, 0.25) is 0 Å². The number of hydrogen-bond acceptors (Lipinski definition) is 5. The van der Waals surface area contributed by atoms with Crippen LogP contribution in [-0.2, 0) is 0 Å². The SMILES string of the molecule is COc1cc(C(=O)O)cc(C(=O)N2CCCC2c2n[nH]c(C)n2)c1. The number of nitrogens with one attached hydrogen (secondary N) is 1. The standard InChI is InChI=1S/C16H18N4O4/c1-9-17-14(19-18-9)13-4-3-5-20(13)15(21)10-6-11(16(22)23)8-12(7-10)24-2/h6-8,13H,3-5H2,1-2H3,(H,22,23)(H,17,18,19). The second-order valence-electron chi connectivity index (χ2n) is 5.69. The van der Waals surface area contributed by atoms with Gasteiger partial charge in [0, 0.05) is 12.1 Å². The Hall–Kier alpha value is -2.90. The van der Waals surface area contributed by atoms with Crippen LogP contribution in [0.5, 0.6) is 5.75 Å². The number of aromatic nitrogens is 3. The van der Waals surface area contributed by atoms with Gasteiger partial charge in [0.05, 0.1) is 18.7 Å². The van der Waals surface area contributed by atoms with Crippen LogP contribution < -0.4 is 4.74 Å². The Morgan fingerprint density at radius 3 is 2.71 bits per heavy atom. The lowest BCUT2D eigenvalue weighted by Crippen LogP contribution is -2.31. The van der Waals surface area contributed by atoms with Gasteiger partial charge in [-0.2, -0.15) is 5.10 Å². The molecule has 0 spiro atoms. The van der Waals surface area contributed by atoms with Crippen molar-refractivity contribution in [1.82, 2.24) is 20.1 Å². The number of carbonyl (C=O) groups is 2. The summed E-state index contributed by atoms with van der Waals surface area (Å²) in [6.07, 6.45) is 1.62. The first-order valence-electron chi connectivity index (χ1n) is 7.62. The van der Waals surface area contributed by atoms with Gasteiger partial charge < -0.3 is 14.7 Å². The molecule has 2 N–H and O–H groups in total. The number of carboxylic acid groups (broad SMARTS) is 1. The van der Waals surface area contributed by atoms with E-state index < -0.39 is 5.97 Å². The van der Waals surface area contributed by atoms with Crippen LogP contribution in [0.3, 0.4) is 0 Å². The normalized spacial score (nSPS) is 17.1. The summed E-state index contributed by atoms with van der Waals surface area (Å²) in [7, 11) is 1.43. The summed E-state index contributed by atoms with van der Waals surface area (Å²) in [5, 5.41) is 16.1. The quantitative estimate of drug-likeness (QED) is 0.885. The van der Waals surface area contributed by atoms with E-state index in [1.165, 1.54) is 19.2 Å². The highest BCUT2D eigenvalue weighted by Gasteiger charge is 2.33. The van der Waals surface area contributed by atoms with Crippen molar-refractivity contribution in [2.75, 3.05) is 13.7 Å². The molecule has 0 radical (unpaired) electrons. The van der Waals surface area contributed by atoms with Crippen molar-refractivity contribution >= 4 is 11.9 Å². The summed E-state index contributed by atoms with van der Waals surface area (Å²) < 4.78 is 5.11. The number of methoxy groups -OCH3 is 1. The molecule has 1 aromatic heterocycles. The number of aromatic amines is 1. The number of ether oxygens (including phenoxy) is 1. The van der Waals surface area contributed by atoms with E-state index in [1.807, 2.05) is 0 Å². The Bertz CT molecular complexity index is 786. The summed E-state index contributed by atoms with van der Waals surface area (Å²) in [6, 6.07) is 4.10. The number of aromatic carboxylic acids is 1. The van der Waals surface area contributed by atoms with Crippen molar-refractivity contribution in [1.29, 1.82) is 0 Å². The molecule has 1 saturated heterocycles. The molecule has 0 bridgehead atoms. The fourth-order valence-corrected chi connectivity index (χ4v) is 2.92. The molecule has 0 saturated carbocycles. The number of aryl methyl sites for hydroxylation is 1. The molecule has 24 heavy (non-hydrogen) atoms. The fraction of sp³-hybridized carbons (Fsp3) is 0.375. The minimum Gasteiger partial charge on any atom is -0.497 e. The number of benzene rings is 1. The summed E-state index contributed by atoms with van der Waals surface area (Å²) in [5.41, 5.74) is 0.299. The molecule has 2 aromatic rings. The summed E-state index contributed by atoms with van der Waals surface area (Å²) >= 11 is 0. The van der Waals surface area contributed by atoms with E-state index in [1.54, 1.807) is 17.9 Å². The molecule has 8 nitrogen and oxygen atoms in total. The molecule has 1 aromatic carbocycles. The molecular formula is C16H18N4O4. The van der Waals surface area contributed by atoms with Crippen LogP contribution in [0.2, 0.25) is 0 Å². The Balaban J connectivity index is 1.93. The third kappa shape index (κ3) is 2.94. The van der Waals surface area contributed by atoms with Crippen molar-refractivity contribution in [2.24, 2.45) is 0 Å². The van der Waals surface area contributed by atoms with Crippen molar-refractivity contribution in [3.05, 3.63) is 41.0 Å². The highest BCUT2D eigenvalue weighted by molar-refractivity contribution is 5.98. The first-order chi connectivity index (χ1) is 11.5. The molecular weight excluding hydrogens is 312 g/mol. The van der Waals surface area contributed by atoms with Gasteiger partial charge >= 0.3 is 5.97 Å². The zero-order chi connectivity index (χ0) is 17.3. The first kappa shape index (κ1) is 16.0. The molecule has 126 valence electrons. The van der Waals surface area contributed by atoms with Gasteiger partial charge in [-0.25, -0.2) is 9.78 Å². The molecule has 2 heterocycles. The van der Waals surface area contributed by atoms with E-state index in [0.29, 0.717) is 23.9 Å². The molecule has 1 fully saturated rings. The average molecular weight is 330 g/mol. The molecule has 3 rings (SSSR count). The van der Waals surface area contributed by atoms with E-state index in [4.69, 9.17) is 4.74 Å². The molecule has 1 aliphatic rings. The van der Waals surface area contributed by atoms with E-state index in [2.05, 4.69) is 15.2 Å². The molecule has 1 amide bonds. The monoisotopic (exact) mass is 330 g/mol. The number of amides is 1. The van der Waals surface area contributed by atoms with Crippen LogP contribution in [0.25, 0.3) is 0 Å². The van der Waals surface area contributed by atoms with Crippen molar-refractivity contribution in [2.45, 2.75) is 25.8 Å². The summed E-state index contributed by atoms with van der Waals surface area (Å²) in [6.45, 7) is 2.38. The Morgan fingerprint density at radius 1 is 1.33 bits per heavy atom. The second kappa shape index (κ2) is 6.31. The molecule has 1 unspecified atom stereocenters. The third-order valence-electron chi connectivity index (χ3n) is 4.06. The molecule has 1 atom stereocenters. The number of hydrogen-bond donors (Lipinski definition) is 2. The van der Waals surface area contributed by atoms with Crippen LogP contribution in [0.15, 0.2) is 18.2 Å². The molecule has 8 heteroatoms. The van der Waals surface area contributed by atoms with Gasteiger partial charge in [-0.05, 0) is 38.0 Å². The van der Waals surface area contributed by atoms with Gasteiger partial charge in [-0.1, -0.05) is 0 Å². The highest BCUT2D eigenvalue weighted by atomic mass is 16.5. The number of H-pyrrole nitrogens is 1. The van der Waals surface area contributed by atoms with Gasteiger partial charge in [0.1, 0.15) is 11.6 Å². The minimum absolute atomic E-state index is 0.0159. The summed E-state index contributed by atoms with van der Waals surface area (Å²) in [5.74, 6) is 0.258. The van der Waals surface area contributed by atoms with Gasteiger partial charge in [0.15, 0.2) is 5.82 Å². The highest BCUT2D eigenvalue weighted by Crippen LogP contribution is 2.32. The topological polar surface area (TPSA) is 108 Å². The van der Waals surface area contributed by atoms with Crippen molar-refractivity contribution in [3.8, 4) is 5.75 Å². The minimum atomic E-state index is -1.11. The Kier molecular flexibility index (Phi) is 4.20. The van der Waals surface area contributed by atoms with Crippen molar-refractivity contribution in [3.63, 3.8) is 0 Å². The lowest BCUT2D eigenvalue weighted by atomic mass is 10.1. The predicted octanol–water partition coefficient (Wildman–Crippen LogP) is 1.80. The van der Waals surface area contributed by atoms with Gasteiger partial charge in [-0.3, -0.25) is 9.89 Å². The lowest BCUT2D eigenvalue weighted by Gasteiger charge is -2.23. The zero-order valence-electron chi connectivity index (χ0n) is 13.4. The Morgan fingerprint density at radius 2 is 2.08 bits per heavy atom. The third-order valence-corrected chi connectivity index (χ3v) is 4.06.